The molecule has 0 atom stereocenters. The minimum Gasteiger partial charge on any atom is -0.313 e. The smallest absolute Gasteiger partial charge is 0.313 e. The molecule has 0 radical (unpaired) electrons. The average Bonchev–Trinajstić information content (AvgIpc) is 3.55. The molecule has 5 aromatic heterocycles. The molecule has 5 aromatic rings. The fourth-order valence-electron chi connectivity index (χ4n) is 3.64. The summed E-state index contributed by atoms with van der Waals surface area (Å²) >= 11 is 0. The summed E-state index contributed by atoms with van der Waals surface area (Å²) < 4.78 is 5.24. The first-order valence-electron chi connectivity index (χ1n) is 12.8. The Labute approximate surface area is 238 Å². The number of hydrogen-bond acceptors (Lipinski definition) is 10. The van der Waals surface area contributed by atoms with Crippen molar-refractivity contribution in [2.75, 3.05) is 0 Å². The van der Waals surface area contributed by atoms with E-state index in [9.17, 15) is 9.59 Å². The van der Waals surface area contributed by atoms with Crippen molar-refractivity contribution in [1.82, 2.24) is 48.6 Å². The number of aromatic nitrogens is 10. The lowest BCUT2D eigenvalue weighted by atomic mass is 10.4. The molecular weight excluding hydrogens is 544 g/mol. The maximum absolute atomic E-state index is 11.5. The zero-order valence-electron chi connectivity index (χ0n) is 24.1. The first kappa shape index (κ1) is 30.9. The minimum atomic E-state index is -0.403. The average molecular weight is 575 g/mol. The monoisotopic (exact) mass is 574 g/mol. The van der Waals surface area contributed by atoms with Crippen LogP contribution in [-0.4, -0.2) is 48.6 Å². The molecular formula is C24H30N16O2. The number of nitrogens with zero attached hydrogens (tertiary/aromatic N) is 15. The summed E-state index contributed by atoms with van der Waals surface area (Å²) in [5, 5.41) is 6.69. The Balaban J connectivity index is 0.000000173. The van der Waals surface area contributed by atoms with Gasteiger partial charge in [0.2, 0.25) is 0 Å². The molecule has 0 bridgehead atoms. The second-order valence-electron chi connectivity index (χ2n) is 9.63. The molecule has 218 valence electrons. The molecule has 0 unspecified atom stereocenters. The third-order valence-electron chi connectivity index (χ3n) is 5.66. The lowest BCUT2D eigenvalue weighted by molar-refractivity contribution is 0.564. The summed E-state index contributed by atoms with van der Waals surface area (Å²) in [4.78, 5) is 54.5. The molecule has 0 aliphatic heterocycles. The van der Waals surface area contributed by atoms with Gasteiger partial charge in [0.1, 0.15) is 23.5 Å². The molecule has 18 heteroatoms. The maximum Gasteiger partial charge on any atom is 0.348 e. The third kappa shape index (κ3) is 7.12. The number of rotatable bonds is 5. The molecule has 1 N–H and O–H groups in total. The van der Waals surface area contributed by atoms with Gasteiger partial charge in [-0.05, 0) is 75.8 Å². The zero-order valence-corrected chi connectivity index (χ0v) is 24.1. The molecule has 0 fully saturated rings. The van der Waals surface area contributed by atoms with Crippen LogP contribution in [0.2, 0.25) is 0 Å². The highest BCUT2D eigenvalue weighted by Gasteiger charge is 2.11. The largest absolute Gasteiger partial charge is 0.348 e. The van der Waals surface area contributed by atoms with Gasteiger partial charge in [0.25, 0.3) is 5.56 Å². The van der Waals surface area contributed by atoms with E-state index < -0.39 is 5.69 Å². The molecule has 0 spiro atoms. The molecule has 5 heterocycles. The van der Waals surface area contributed by atoms with Crippen molar-refractivity contribution in [3.63, 3.8) is 0 Å². The second kappa shape index (κ2) is 13.6. The first-order chi connectivity index (χ1) is 20.0. The van der Waals surface area contributed by atoms with Crippen LogP contribution < -0.4 is 11.2 Å². The number of imidazole rings is 2. The van der Waals surface area contributed by atoms with Crippen LogP contribution in [0.1, 0.15) is 65.5 Å². The SMILES string of the molecule is CC(C)n1ccc(N=[N+]=[N-])nc1=O.CC(C)n1cnc2c(N=[N+]=[N-])ncnc21.Cc1nc2c(ncn2C(C)C)c(=O)[nH]1. The van der Waals surface area contributed by atoms with Crippen LogP contribution in [0.25, 0.3) is 43.2 Å². The van der Waals surface area contributed by atoms with E-state index in [1.807, 2.05) is 50.7 Å². The molecule has 0 aliphatic rings. The Morgan fingerprint density at radius 3 is 1.95 bits per heavy atom. The summed E-state index contributed by atoms with van der Waals surface area (Å²) in [7, 11) is 0. The molecule has 18 nitrogen and oxygen atoms in total. The summed E-state index contributed by atoms with van der Waals surface area (Å²) in [6, 6.07) is 2.07. The van der Waals surface area contributed by atoms with E-state index in [-0.39, 0.29) is 35.3 Å². The second-order valence-corrected chi connectivity index (χ2v) is 9.63. The van der Waals surface area contributed by atoms with Gasteiger partial charge in [-0.15, -0.1) is 0 Å². The lowest BCUT2D eigenvalue weighted by Crippen LogP contribution is -2.23. The minimum absolute atomic E-state index is 0.0557. The van der Waals surface area contributed by atoms with Gasteiger partial charge in [-0.2, -0.15) is 4.98 Å². The number of aromatic amines is 1. The number of aryl methyl sites for hydroxylation is 1. The van der Waals surface area contributed by atoms with Crippen molar-refractivity contribution < 1.29 is 0 Å². The summed E-state index contributed by atoms with van der Waals surface area (Å²) in [6.45, 7) is 13.6. The zero-order chi connectivity index (χ0) is 31.0. The summed E-state index contributed by atoms with van der Waals surface area (Å²) in [5.41, 5.74) is 18.2. The maximum atomic E-state index is 11.5. The van der Waals surface area contributed by atoms with Crippen molar-refractivity contribution in [3.8, 4) is 0 Å². The number of hydrogen-bond donors (Lipinski definition) is 1. The number of fused-ring (bicyclic) bond motifs is 2. The Morgan fingerprint density at radius 1 is 0.786 bits per heavy atom. The highest BCUT2D eigenvalue weighted by atomic mass is 16.1. The Bertz CT molecular complexity index is 1900. The van der Waals surface area contributed by atoms with E-state index in [0.29, 0.717) is 28.2 Å². The summed E-state index contributed by atoms with van der Waals surface area (Å²) in [5.74, 6) is 0.983. The standard InChI is InChI=1S/C9H12N4O.C8H9N7.C7H9N5O/c1-5(2)13-4-10-7-8(13)11-6(3)12-9(7)14;1-5(2)15-4-12-6-7(13-14-9)10-3-11-8(6)15;1-5(2)12-4-3-6(10-11-8)9-7(12)13/h4-5H,1-3H3,(H,11,12,14);3-5H,1-2H3;3-5H,1-2H3. The Hall–Kier alpha value is -5.60. The Morgan fingerprint density at radius 2 is 1.38 bits per heavy atom. The van der Waals surface area contributed by atoms with Gasteiger partial charge in [-0.3, -0.25) is 9.36 Å². The molecule has 0 aromatic carbocycles. The van der Waals surface area contributed by atoms with Gasteiger partial charge in [0.15, 0.2) is 22.6 Å². The van der Waals surface area contributed by atoms with Crippen LogP contribution in [0.5, 0.6) is 0 Å². The fourth-order valence-corrected chi connectivity index (χ4v) is 3.64. The quantitative estimate of drug-likeness (QED) is 0.167. The molecule has 0 saturated heterocycles. The topological polar surface area (TPSA) is 240 Å². The van der Waals surface area contributed by atoms with Crippen molar-refractivity contribution in [3.05, 3.63) is 78.8 Å². The molecule has 0 saturated carbocycles. The normalized spacial score (nSPS) is 10.6. The van der Waals surface area contributed by atoms with Crippen LogP contribution >= 0.6 is 0 Å². The Kier molecular flexibility index (Phi) is 10.1. The predicted molar refractivity (Wildman–Crippen MR) is 155 cm³/mol. The van der Waals surface area contributed by atoms with Crippen molar-refractivity contribution in [2.24, 2.45) is 10.2 Å². The van der Waals surface area contributed by atoms with Gasteiger partial charge in [-0.1, -0.05) is 0 Å². The van der Waals surface area contributed by atoms with E-state index in [4.69, 9.17) is 11.1 Å². The third-order valence-corrected chi connectivity index (χ3v) is 5.66. The number of H-pyrrole nitrogens is 1. The lowest BCUT2D eigenvalue weighted by Gasteiger charge is -2.07. The van der Waals surface area contributed by atoms with Gasteiger partial charge in [0, 0.05) is 34.1 Å². The number of azide groups is 2. The highest BCUT2D eigenvalue weighted by molar-refractivity contribution is 5.80. The van der Waals surface area contributed by atoms with Gasteiger partial charge < -0.3 is 14.1 Å². The highest BCUT2D eigenvalue weighted by Crippen LogP contribution is 2.22. The van der Waals surface area contributed by atoms with Gasteiger partial charge in [-0.25, -0.2) is 29.7 Å². The van der Waals surface area contributed by atoms with E-state index in [2.05, 4.69) is 54.9 Å². The predicted octanol–water partition coefficient (Wildman–Crippen LogP) is 5.12. The van der Waals surface area contributed by atoms with Crippen LogP contribution in [0.15, 0.2) is 51.1 Å². The van der Waals surface area contributed by atoms with Crippen LogP contribution in [0.4, 0.5) is 11.6 Å². The molecule has 5 rings (SSSR count). The van der Waals surface area contributed by atoms with Gasteiger partial charge in [0.05, 0.1) is 12.7 Å². The van der Waals surface area contributed by atoms with Crippen LogP contribution in [0.3, 0.4) is 0 Å². The first-order valence-corrected chi connectivity index (χ1v) is 12.8. The van der Waals surface area contributed by atoms with Gasteiger partial charge >= 0.3 is 5.69 Å². The van der Waals surface area contributed by atoms with Crippen molar-refractivity contribution >= 4 is 34.0 Å². The number of nitrogens with one attached hydrogen (secondary N) is 1. The fraction of sp³-hybridized carbons (Fsp3) is 0.417. The van der Waals surface area contributed by atoms with Crippen molar-refractivity contribution in [2.45, 2.75) is 66.6 Å². The van der Waals surface area contributed by atoms with E-state index in [0.717, 1.165) is 0 Å². The molecule has 0 aliphatic carbocycles. The van der Waals surface area contributed by atoms with E-state index >= 15 is 0 Å². The van der Waals surface area contributed by atoms with E-state index in [1.54, 1.807) is 25.8 Å². The van der Waals surface area contributed by atoms with Crippen molar-refractivity contribution in [1.29, 1.82) is 0 Å². The van der Waals surface area contributed by atoms with E-state index in [1.165, 1.54) is 17.0 Å². The summed E-state index contributed by atoms with van der Waals surface area (Å²) in [6.07, 6.45) is 6.24. The van der Waals surface area contributed by atoms with Crippen LogP contribution in [0, 0.1) is 6.92 Å². The molecule has 42 heavy (non-hydrogen) atoms. The van der Waals surface area contributed by atoms with Crippen LogP contribution in [-0.2, 0) is 0 Å². The molecule has 0 amide bonds.